The number of fused-ring (bicyclic) bond motifs is 10. The Kier molecular flexibility index (Phi) is 8.53. The molecule has 0 aromatic heterocycles. The van der Waals surface area contributed by atoms with E-state index in [1.165, 1.54) is 22.3 Å². The molecular weight excluding hydrogens is 709 g/mol. The second-order valence-electron chi connectivity index (χ2n) is 17.1. The van der Waals surface area contributed by atoms with Crippen molar-refractivity contribution in [1.82, 2.24) is 0 Å². The molecule has 0 radical (unpaired) electrons. The van der Waals surface area contributed by atoms with Crippen molar-refractivity contribution in [2.45, 2.75) is 58.2 Å². The lowest BCUT2D eigenvalue weighted by Crippen LogP contribution is -2.35. The average molecular weight is 759 g/mol. The van der Waals surface area contributed by atoms with Crippen molar-refractivity contribution in [3.63, 3.8) is 0 Å². The molecule has 9 rings (SSSR count). The highest BCUT2D eigenvalue weighted by Crippen LogP contribution is 2.70. The SMILES string of the molecule is COc1ccc(C2(c3ccc(OC)cc3)C=Cc3c4c(c5cc(CO)c(-c6ccc(OC)cc6OC)cc5c3O2)-c2ccccc2C42CC(C)(C)C(C)(C)C2)cc1. The van der Waals surface area contributed by atoms with Gasteiger partial charge in [0.25, 0.3) is 0 Å². The summed E-state index contributed by atoms with van der Waals surface area (Å²) in [5.74, 6) is 3.70. The van der Waals surface area contributed by atoms with Crippen LogP contribution in [0.2, 0.25) is 0 Å². The van der Waals surface area contributed by atoms with Gasteiger partial charge in [0.2, 0.25) is 0 Å². The lowest BCUT2D eigenvalue weighted by atomic mass is 9.71. The van der Waals surface area contributed by atoms with E-state index in [9.17, 15) is 5.11 Å². The molecule has 0 atom stereocenters. The lowest BCUT2D eigenvalue weighted by molar-refractivity contribution is 0.157. The van der Waals surface area contributed by atoms with Crippen LogP contribution >= 0.6 is 0 Å². The van der Waals surface area contributed by atoms with Crippen molar-refractivity contribution in [1.29, 1.82) is 0 Å². The molecule has 6 aromatic carbocycles. The number of aliphatic hydroxyl groups excluding tert-OH is 1. The number of rotatable bonds is 8. The Hall–Kier alpha value is -5.72. The molecule has 0 saturated heterocycles. The largest absolute Gasteiger partial charge is 0.497 e. The van der Waals surface area contributed by atoms with E-state index >= 15 is 0 Å². The predicted octanol–water partition coefficient (Wildman–Crippen LogP) is 11.5. The summed E-state index contributed by atoms with van der Waals surface area (Å²) in [6, 6.07) is 35.5. The van der Waals surface area contributed by atoms with Gasteiger partial charge in [-0.25, -0.2) is 0 Å². The van der Waals surface area contributed by atoms with Crippen LogP contribution in [0.4, 0.5) is 0 Å². The minimum atomic E-state index is -0.993. The van der Waals surface area contributed by atoms with Crippen molar-refractivity contribution in [2.75, 3.05) is 28.4 Å². The summed E-state index contributed by atoms with van der Waals surface area (Å²) in [4.78, 5) is 0. The van der Waals surface area contributed by atoms with Crippen LogP contribution < -0.4 is 23.7 Å². The fraction of sp³-hybridized carbons (Fsp3) is 0.294. The molecule has 2 aliphatic carbocycles. The third-order valence-corrected chi connectivity index (χ3v) is 13.7. The molecule has 290 valence electrons. The van der Waals surface area contributed by atoms with Gasteiger partial charge in [-0.3, -0.25) is 0 Å². The van der Waals surface area contributed by atoms with Gasteiger partial charge in [-0.2, -0.15) is 0 Å². The van der Waals surface area contributed by atoms with Crippen molar-refractivity contribution in [3.8, 4) is 51.0 Å². The zero-order valence-electron chi connectivity index (χ0n) is 34.1. The summed E-state index contributed by atoms with van der Waals surface area (Å²) >= 11 is 0. The van der Waals surface area contributed by atoms with Crippen molar-refractivity contribution in [2.24, 2.45) is 10.8 Å². The molecule has 57 heavy (non-hydrogen) atoms. The van der Waals surface area contributed by atoms with Crippen molar-refractivity contribution >= 4 is 16.8 Å². The highest BCUT2D eigenvalue weighted by molar-refractivity contribution is 6.10. The maximum absolute atomic E-state index is 11.2. The Labute approximate surface area is 335 Å². The molecule has 0 amide bonds. The fourth-order valence-corrected chi connectivity index (χ4v) is 10.2. The van der Waals surface area contributed by atoms with Crippen LogP contribution in [0.1, 0.15) is 73.9 Å². The summed E-state index contributed by atoms with van der Waals surface area (Å²) in [6.07, 6.45) is 6.56. The Morgan fingerprint density at radius 1 is 0.614 bits per heavy atom. The topological polar surface area (TPSA) is 66.4 Å². The first-order valence-electron chi connectivity index (χ1n) is 19.7. The fourth-order valence-electron chi connectivity index (χ4n) is 10.2. The van der Waals surface area contributed by atoms with Crippen LogP contribution in [0.3, 0.4) is 0 Å². The van der Waals surface area contributed by atoms with Gasteiger partial charge in [-0.15, -0.1) is 0 Å². The molecule has 1 aliphatic heterocycles. The highest BCUT2D eigenvalue weighted by Gasteiger charge is 2.60. The third-order valence-electron chi connectivity index (χ3n) is 13.7. The third kappa shape index (κ3) is 5.33. The van der Waals surface area contributed by atoms with E-state index in [-0.39, 0.29) is 22.9 Å². The van der Waals surface area contributed by atoms with E-state index in [2.05, 4.69) is 101 Å². The van der Waals surface area contributed by atoms with Gasteiger partial charge in [0.15, 0.2) is 5.60 Å². The number of methoxy groups -OCH3 is 4. The van der Waals surface area contributed by atoms with E-state index in [4.69, 9.17) is 23.7 Å². The molecule has 1 N–H and O–H groups in total. The minimum Gasteiger partial charge on any atom is -0.497 e. The highest BCUT2D eigenvalue weighted by atomic mass is 16.5. The number of benzene rings is 6. The normalized spacial score (nSPS) is 17.4. The van der Waals surface area contributed by atoms with Crippen LogP contribution in [-0.4, -0.2) is 33.5 Å². The van der Waals surface area contributed by atoms with E-state index in [0.717, 1.165) is 74.2 Å². The van der Waals surface area contributed by atoms with E-state index < -0.39 is 5.60 Å². The molecule has 1 fully saturated rings. The molecule has 1 saturated carbocycles. The Bertz CT molecular complexity index is 2510. The lowest BCUT2D eigenvalue weighted by Gasteiger charge is -2.39. The smallest absolute Gasteiger partial charge is 0.178 e. The maximum atomic E-state index is 11.2. The molecule has 6 nitrogen and oxygen atoms in total. The predicted molar refractivity (Wildman–Crippen MR) is 228 cm³/mol. The quantitative estimate of drug-likeness (QED) is 0.167. The number of aliphatic hydroxyl groups is 1. The van der Waals surface area contributed by atoms with Crippen molar-refractivity contribution in [3.05, 3.63) is 143 Å². The van der Waals surface area contributed by atoms with Gasteiger partial charge >= 0.3 is 0 Å². The zero-order chi connectivity index (χ0) is 39.9. The monoisotopic (exact) mass is 758 g/mol. The van der Waals surface area contributed by atoms with E-state index in [0.29, 0.717) is 11.5 Å². The second-order valence-corrected chi connectivity index (χ2v) is 17.1. The minimum absolute atomic E-state index is 0.0593. The first-order chi connectivity index (χ1) is 27.4. The van der Waals surface area contributed by atoms with E-state index in [1.807, 2.05) is 42.5 Å². The van der Waals surface area contributed by atoms with Crippen LogP contribution in [0, 0.1) is 10.8 Å². The van der Waals surface area contributed by atoms with Gasteiger partial charge in [0, 0.05) is 39.1 Å². The summed E-state index contributed by atoms with van der Waals surface area (Å²) in [5, 5.41) is 13.2. The molecule has 0 bridgehead atoms. The van der Waals surface area contributed by atoms with Gasteiger partial charge < -0.3 is 28.8 Å². The van der Waals surface area contributed by atoms with Crippen LogP contribution in [0.15, 0.2) is 109 Å². The summed E-state index contributed by atoms with van der Waals surface area (Å²) in [6.45, 7) is 9.57. The molecule has 6 heteroatoms. The summed E-state index contributed by atoms with van der Waals surface area (Å²) in [7, 11) is 6.68. The number of ether oxygens (including phenoxy) is 5. The first-order valence-corrected chi connectivity index (χ1v) is 19.7. The standard InChI is InChI=1S/C51H50O6/c1-48(2)29-50(30-49(48,3)4)43-12-10-9-11-38(43)45-41-25-31(28-52)40(37-22-21-36(55-7)26-44(37)56-8)27-42(41)47-39(46(45)50)23-24-51(57-47,32-13-17-34(53-5)18-14-32)33-15-19-35(54-6)20-16-33/h9-27,52H,28-30H2,1-8H3. The Balaban J connectivity index is 1.41. The first kappa shape index (κ1) is 36.9. The van der Waals surface area contributed by atoms with Crippen LogP contribution in [0.25, 0.3) is 39.1 Å². The van der Waals surface area contributed by atoms with Crippen LogP contribution in [0.5, 0.6) is 28.7 Å². The van der Waals surface area contributed by atoms with Gasteiger partial charge in [-0.1, -0.05) is 82.3 Å². The second kappa shape index (κ2) is 13.2. The average Bonchev–Trinajstić information content (AvgIpc) is 3.62. The number of hydrogen-bond donors (Lipinski definition) is 1. The van der Waals surface area contributed by atoms with Gasteiger partial charge in [0.05, 0.1) is 35.0 Å². The molecular formula is C51H50O6. The molecule has 6 aromatic rings. The summed E-state index contributed by atoms with van der Waals surface area (Å²) in [5.41, 5.74) is 9.62. The van der Waals surface area contributed by atoms with Crippen LogP contribution in [-0.2, 0) is 17.6 Å². The molecule has 3 aliphatic rings. The Morgan fingerprint density at radius 3 is 1.79 bits per heavy atom. The molecule has 1 spiro atoms. The maximum Gasteiger partial charge on any atom is 0.178 e. The zero-order valence-corrected chi connectivity index (χ0v) is 34.1. The van der Waals surface area contributed by atoms with Crippen molar-refractivity contribution < 1.29 is 28.8 Å². The number of hydrogen-bond acceptors (Lipinski definition) is 6. The molecule has 0 unspecified atom stereocenters. The summed E-state index contributed by atoms with van der Waals surface area (Å²) < 4.78 is 30.5. The van der Waals surface area contributed by atoms with Gasteiger partial charge in [-0.05, 0) is 117 Å². The molecule has 1 heterocycles. The van der Waals surface area contributed by atoms with E-state index in [1.54, 1.807) is 28.4 Å². The van der Waals surface area contributed by atoms with Gasteiger partial charge in [0.1, 0.15) is 28.7 Å². The Morgan fingerprint density at radius 2 is 1.21 bits per heavy atom.